The number of nitriles is 1. The number of nitrogens with zero attached hydrogens (tertiary/aromatic N) is 1. The Labute approximate surface area is 75.4 Å². The van der Waals surface area contributed by atoms with Crippen molar-refractivity contribution in [1.82, 2.24) is 0 Å². The highest BCUT2D eigenvalue weighted by Gasteiger charge is 2.15. The van der Waals surface area contributed by atoms with E-state index in [-0.39, 0.29) is 5.69 Å². The van der Waals surface area contributed by atoms with Crippen molar-refractivity contribution in [2.45, 2.75) is 0 Å². The molecule has 0 unspecified atom stereocenters. The van der Waals surface area contributed by atoms with Gasteiger partial charge in [-0.15, -0.1) is 11.5 Å². The number of hydrogen-bond acceptors (Lipinski definition) is 3. The third kappa shape index (κ3) is 1.52. The van der Waals surface area contributed by atoms with E-state index in [1.165, 1.54) is 0 Å². The lowest BCUT2D eigenvalue weighted by Gasteiger charge is -2.04. The van der Waals surface area contributed by atoms with Crippen molar-refractivity contribution in [2.75, 3.05) is 5.73 Å². The summed E-state index contributed by atoms with van der Waals surface area (Å²) in [6, 6.07) is 6.66. The Morgan fingerprint density at radius 2 is 2.25 bits per heavy atom. The molecule has 0 heterocycles. The second kappa shape index (κ2) is 3.48. The van der Waals surface area contributed by atoms with Crippen LogP contribution in [0.15, 0.2) is 18.2 Å². The Balaban J connectivity index is 3.25. The second-order valence-corrected chi connectivity index (χ2v) is 2.67. The van der Waals surface area contributed by atoms with Crippen molar-refractivity contribution in [2.24, 2.45) is 0 Å². The smallest absolute Gasteiger partial charge is 0.433 e. The van der Waals surface area contributed by atoms with Crippen LogP contribution in [0, 0.1) is 11.3 Å². The molecule has 0 fully saturated rings. The predicted molar refractivity (Wildman–Crippen MR) is 49.0 cm³/mol. The lowest BCUT2D eigenvalue weighted by atomic mass is 9.84. The number of nitrogens with two attached hydrogens (primary N) is 1. The molecule has 0 spiro atoms. The molecule has 0 aliphatic carbocycles. The molecule has 1 rings (SSSR count). The third-order valence-electron chi connectivity index (χ3n) is 1.52. The van der Waals surface area contributed by atoms with Crippen LogP contribution in [-0.4, -0.2) is 11.4 Å². The minimum Gasteiger partial charge on any atom is -0.434 e. The Kier molecular flexibility index (Phi) is 2.59. The van der Waals surface area contributed by atoms with Crippen molar-refractivity contribution in [1.29, 1.82) is 5.26 Å². The maximum atomic E-state index is 9.00. The SMILES string of the molecule is N#Cc1cccc(B(O)Cl)c1N. The van der Waals surface area contributed by atoms with E-state index in [0.717, 1.165) is 0 Å². The van der Waals surface area contributed by atoms with Crippen LogP contribution < -0.4 is 11.2 Å². The average Bonchev–Trinajstić information content (AvgIpc) is 2.04. The van der Waals surface area contributed by atoms with Gasteiger partial charge in [0.25, 0.3) is 0 Å². The first-order chi connectivity index (χ1) is 5.66. The van der Waals surface area contributed by atoms with Gasteiger partial charge in [0, 0.05) is 5.69 Å². The van der Waals surface area contributed by atoms with E-state index in [4.69, 9.17) is 27.5 Å². The van der Waals surface area contributed by atoms with Crippen LogP contribution in [0.3, 0.4) is 0 Å². The Hall–Kier alpha value is -1.18. The highest BCUT2D eigenvalue weighted by atomic mass is 35.5. The molecule has 60 valence electrons. The van der Waals surface area contributed by atoms with Crippen molar-refractivity contribution >= 4 is 28.9 Å². The van der Waals surface area contributed by atoms with E-state index < -0.39 is 6.33 Å². The van der Waals surface area contributed by atoms with Crippen molar-refractivity contribution in [3.8, 4) is 6.07 Å². The summed E-state index contributed by atoms with van der Waals surface area (Å²) in [6.45, 7) is 0. The van der Waals surface area contributed by atoms with Gasteiger partial charge in [0.05, 0.1) is 5.56 Å². The molecule has 5 heteroatoms. The minimum absolute atomic E-state index is 0.238. The van der Waals surface area contributed by atoms with Gasteiger partial charge in [0.1, 0.15) is 6.07 Å². The van der Waals surface area contributed by atoms with Crippen LogP contribution in [0.1, 0.15) is 5.56 Å². The summed E-state index contributed by atoms with van der Waals surface area (Å²) >= 11 is 5.40. The van der Waals surface area contributed by atoms with Gasteiger partial charge in [-0.3, -0.25) is 0 Å². The van der Waals surface area contributed by atoms with Crippen LogP contribution in [0.25, 0.3) is 0 Å². The quantitative estimate of drug-likeness (QED) is 0.474. The highest BCUT2D eigenvalue weighted by molar-refractivity contribution is 7.10. The molecular weight excluding hydrogens is 174 g/mol. The Bertz CT molecular complexity index is 335. The largest absolute Gasteiger partial charge is 0.434 e. The fourth-order valence-electron chi connectivity index (χ4n) is 0.888. The van der Waals surface area contributed by atoms with Gasteiger partial charge in [0.2, 0.25) is 0 Å². The molecule has 0 aliphatic heterocycles. The monoisotopic (exact) mass is 180 g/mol. The summed E-state index contributed by atoms with van der Waals surface area (Å²) in [6.07, 6.45) is -1.15. The standard InChI is InChI=1S/C7H6BClN2O/c9-8(12)6-3-1-2-5(4-10)7(6)11/h1-3,12H,11H2. The van der Waals surface area contributed by atoms with Crippen LogP contribution >= 0.6 is 11.5 Å². The van der Waals surface area contributed by atoms with Gasteiger partial charge < -0.3 is 10.8 Å². The van der Waals surface area contributed by atoms with Gasteiger partial charge in [-0.1, -0.05) is 12.1 Å². The van der Waals surface area contributed by atoms with Crippen LogP contribution in [0.5, 0.6) is 0 Å². The second-order valence-electron chi connectivity index (χ2n) is 2.26. The van der Waals surface area contributed by atoms with Crippen molar-refractivity contribution < 1.29 is 5.02 Å². The Morgan fingerprint density at radius 1 is 1.58 bits per heavy atom. The van der Waals surface area contributed by atoms with Gasteiger partial charge in [-0.2, -0.15) is 5.26 Å². The van der Waals surface area contributed by atoms with Crippen LogP contribution in [0.4, 0.5) is 5.69 Å². The number of rotatable bonds is 1. The predicted octanol–water partition coefficient (Wildman–Crippen LogP) is 0.0668. The molecule has 3 N–H and O–H groups in total. The fourth-order valence-corrected chi connectivity index (χ4v) is 1.08. The van der Waals surface area contributed by atoms with E-state index in [9.17, 15) is 0 Å². The minimum atomic E-state index is -1.15. The number of anilines is 1. The maximum Gasteiger partial charge on any atom is 0.433 e. The molecule has 3 nitrogen and oxygen atoms in total. The van der Waals surface area contributed by atoms with E-state index in [1.54, 1.807) is 18.2 Å². The fraction of sp³-hybridized carbons (Fsp3) is 0. The zero-order valence-electron chi connectivity index (χ0n) is 6.16. The van der Waals surface area contributed by atoms with Crippen LogP contribution in [0.2, 0.25) is 0 Å². The Morgan fingerprint density at radius 3 is 2.75 bits per heavy atom. The molecule has 0 saturated carbocycles. The summed E-state index contributed by atoms with van der Waals surface area (Å²) in [4.78, 5) is 0. The number of para-hydroxylation sites is 1. The first kappa shape index (κ1) is 8.92. The first-order valence-corrected chi connectivity index (χ1v) is 3.71. The van der Waals surface area contributed by atoms with E-state index >= 15 is 0 Å². The average molecular weight is 180 g/mol. The summed E-state index contributed by atoms with van der Waals surface area (Å²) in [7, 11) is 0. The lowest BCUT2D eigenvalue weighted by molar-refractivity contribution is 0.607. The summed E-state index contributed by atoms with van der Waals surface area (Å²) in [5.74, 6) is 0. The van der Waals surface area contributed by atoms with E-state index in [0.29, 0.717) is 11.0 Å². The van der Waals surface area contributed by atoms with Crippen LogP contribution in [-0.2, 0) is 0 Å². The number of halogens is 1. The number of nitrogen functional groups attached to an aromatic ring is 1. The molecule has 0 radical (unpaired) electrons. The lowest BCUT2D eigenvalue weighted by Crippen LogP contribution is -2.27. The molecule has 1 aromatic carbocycles. The van der Waals surface area contributed by atoms with Gasteiger partial charge in [-0.25, -0.2) is 0 Å². The topological polar surface area (TPSA) is 70.0 Å². The van der Waals surface area contributed by atoms with Gasteiger partial charge in [0.15, 0.2) is 0 Å². The van der Waals surface area contributed by atoms with Gasteiger partial charge in [-0.05, 0) is 11.5 Å². The summed E-state index contributed by atoms with van der Waals surface area (Å²) < 4.78 is 0. The summed E-state index contributed by atoms with van der Waals surface area (Å²) in [5, 5.41) is 17.6. The molecule has 0 aromatic heterocycles. The molecule has 0 bridgehead atoms. The molecule has 0 atom stereocenters. The number of benzene rings is 1. The van der Waals surface area contributed by atoms with Crippen molar-refractivity contribution in [3.63, 3.8) is 0 Å². The number of hydrogen-bond donors (Lipinski definition) is 2. The molecule has 0 aliphatic rings. The molecule has 0 amide bonds. The molecular formula is C7H6BClN2O. The normalized spacial score (nSPS) is 9.08. The first-order valence-electron chi connectivity index (χ1n) is 3.27. The third-order valence-corrected chi connectivity index (χ3v) is 1.75. The maximum absolute atomic E-state index is 9.00. The molecule has 12 heavy (non-hydrogen) atoms. The van der Waals surface area contributed by atoms with E-state index in [2.05, 4.69) is 0 Å². The van der Waals surface area contributed by atoms with Crippen molar-refractivity contribution in [3.05, 3.63) is 23.8 Å². The zero-order chi connectivity index (χ0) is 9.14. The van der Waals surface area contributed by atoms with Gasteiger partial charge >= 0.3 is 6.33 Å². The summed E-state index contributed by atoms with van der Waals surface area (Å²) in [5.41, 5.74) is 6.46. The van der Waals surface area contributed by atoms with E-state index in [1.807, 2.05) is 6.07 Å². The molecule has 0 saturated heterocycles. The highest BCUT2D eigenvalue weighted by Crippen LogP contribution is 2.08. The zero-order valence-corrected chi connectivity index (χ0v) is 6.92. The molecule has 1 aromatic rings.